The molecule has 0 bridgehead atoms. The second-order valence-corrected chi connectivity index (χ2v) is 3.25. The van der Waals surface area contributed by atoms with Gasteiger partial charge >= 0.3 is 5.97 Å². The van der Waals surface area contributed by atoms with E-state index in [1.807, 2.05) is 0 Å². The molecule has 6 nitrogen and oxygen atoms in total. The first kappa shape index (κ1) is 10.9. The summed E-state index contributed by atoms with van der Waals surface area (Å²) in [6, 6.07) is -0.240. The lowest BCUT2D eigenvalue weighted by molar-refractivity contribution is -0.146. The zero-order valence-electron chi connectivity index (χ0n) is 7.69. The number of carbonyl (C=O) groups excluding carboxylic acids is 1. The van der Waals surface area contributed by atoms with Crippen molar-refractivity contribution in [3.63, 3.8) is 0 Å². The van der Waals surface area contributed by atoms with Gasteiger partial charge in [0.05, 0.1) is 12.6 Å². The van der Waals surface area contributed by atoms with Crippen molar-refractivity contribution in [3.05, 3.63) is 0 Å². The maximum Gasteiger partial charge on any atom is 0.334 e. The highest BCUT2D eigenvalue weighted by Gasteiger charge is 2.23. The quantitative estimate of drug-likeness (QED) is 0.435. The molecule has 1 rings (SSSR count). The van der Waals surface area contributed by atoms with Crippen molar-refractivity contribution >= 4 is 11.9 Å². The topological polar surface area (TPSA) is 98.7 Å². The zero-order chi connectivity index (χ0) is 10.6. The number of carboxylic acids is 1. The molecule has 14 heavy (non-hydrogen) atoms. The number of aliphatic hydroxyl groups is 1. The molecule has 0 aromatic carbocycles. The van der Waals surface area contributed by atoms with Crippen LogP contribution in [0, 0.1) is 0 Å². The third-order valence-corrected chi connectivity index (χ3v) is 2.13. The summed E-state index contributed by atoms with van der Waals surface area (Å²) in [5.41, 5.74) is 0. The Kier molecular flexibility index (Phi) is 3.84. The fourth-order valence-corrected chi connectivity index (χ4v) is 1.32. The molecule has 1 aliphatic heterocycles. The smallest absolute Gasteiger partial charge is 0.334 e. The Balaban J connectivity index is 2.23. The van der Waals surface area contributed by atoms with E-state index in [0.29, 0.717) is 0 Å². The fourth-order valence-electron chi connectivity index (χ4n) is 1.32. The molecule has 6 heteroatoms. The molecule has 0 aromatic rings. The summed E-state index contributed by atoms with van der Waals surface area (Å²) in [7, 11) is 0. The molecule has 2 atom stereocenters. The van der Waals surface area contributed by atoms with E-state index in [1.54, 1.807) is 0 Å². The summed E-state index contributed by atoms with van der Waals surface area (Å²) < 4.78 is 0. The molecule has 0 spiro atoms. The Bertz CT molecular complexity index is 225. The summed E-state index contributed by atoms with van der Waals surface area (Å²) in [5, 5.41) is 22.6. The van der Waals surface area contributed by atoms with Gasteiger partial charge in [-0.15, -0.1) is 0 Å². The minimum Gasteiger partial charge on any atom is -0.479 e. The van der Waals surface area contributed by atoms with Crippen molar-refractivity contribution in [1.82, 2.24) is 10.6 Å². The third-order valence-electron chi connectivity index (χ3n) is 2.13. The van der Waals surface area contributed by atoms with Gasteiger partial charge in [-0.05, 0) is 19.4 Å². The second-order valence-electron chi connectivity index (χ2n) is 3.25. The maximum absolute atomic E-state index is 11.3. The fraction of sp³-hybridized carbons (Fsp3) is 0.750. The molecule has 80 valence electrons. The van der Waals surface area contributed by atoms with Crippen LogP contribution in [0.2, 0.25) is 0 Å². The first-order chi connectivity index (χ1) is 6.61. The van der Waals surface area contributed by atoms with Gasteiger partial charge in [0.15, 0.2) is 6.10 Å². The van der Waals surface area contributed by atoms with Crippen LogP contribution in [0.1, 0.15) is 12.8 Å². The monoisotopic (exact) mass is 202 g/mol. The number of aliphatic hydroxyl groups excluding tert-OH is 1. The zero-order valence-corrected chi connectivity index (χ0v) is 7.69. The van der Waals surface area contributed by atoms with E-state index in [1.165, 1.54) is 0 Å². The first-order valence-electron chi connectivity index (χ1n) is 4.53. The number of carbonyl (C=O) groups is 2. The number of hydrogen-bond acceptors (Lipinski definition) is 4. The average Bonchev–Trinajstić information content (AvgIpc) is 2.66. The Morgan fingerprint density at radius 1 is 1.57 bits per heavy atom. The van der Waals surface area contributed by atoms with Gasteiger partial charge in [-0.3, -0.25) is 4.79 Å². The van der Waals surface area contributed by atoms with Crippen molar-refractivity contribution in [2.24, 2.45) is 0 Å². The Hall–Kier alpha value is -1.14. The summed E-state index contributed by atoms with van der Waals surface area (Å²) in [6.45, 7) is 0.561. The molecule has 1 heterocycles. The minimum atomic E-state index is -1.53. The van der Waals surface area contributed by atoms with E-state index < -0.39 is 12.1 Å². The van der Waals surface area contributed by atoms with Crippen molar-refractivity contribution in [1.29, 1.82) is 0 Å². The van der Waals surface area contributed by atoms with E-state index in [0.717, 1.165) is 19.4 Å². The van der Waals surface area contributed by atoms with Gasteiger partial charge in [-0.1, -0.05) is 0 Å². The molecule has 0 aromatic heterocycles. The molecule has 0 aliphatic carbocycles. The molecule has 4 N–H and O–H groups in total. The molecule has 1 fully saturated rings. The van der Waals surface area contributed by atoms with Crippen LogP contribution in [0.15, 0.2) is 0 Å². The number of amides is 1. The molecular weight excluding hydrogens is 188 g/mol. The van der Waals surface area contributed by atoms with Crippen molar-refractivity contribution in [2.75, 3.05) is 13.1 Å². The lowest BCUT2D eigenvalue weighted by Gasteiger charge is -2.12. The number of carboxylic acid groups (broad SMARTS) is 1. The normalized spacial score (nSPS) is 23.1. The van der Waals surface area contributed by atoms with Crippen molar-refractivity contribution in [3.8, 4) is 0 Å². The van der Waals surface area contributed by atoms with Crippen LogP contribution in [0.4, 0.5) is 0 Å². The van der Waals surface area contributed by atoms with Crippen LogP contribution in [0.5, 0.6) is 0 Å². The number of rotatable bonds is 4. The second kappa shape index (κ2) is 4.92. The van der Waals surface area contributed by atoms with Crippen LogP contribution < -0.4 is 10.6 Å². The predicted octanol–water partition coefficient (Wildman–Crippen LogP) is -1.70. The SMILES string of the molecule is O=C(O)C(O)CNC(=O)[C@@H]1CCCN1. The van der Waals surface area contributed by atoms with Gasteiger partial charge in [0.25, 0.3) is 0 Å². The van der Waals surface area contributed by atoms with Crippen LogP contribution in [-0.2, 0) is 9.59 Å². The Morgan fingerprint density at radius 3 is 2.79 bits per heavy atom. The van der Waals surface area contributed by atoms with E-state index in [9.17, 15) is 9.59 Å². The standard InChI is InChI=1S/C8H14N2O4/c11-6(8(13)14)4-10-7(12)5-2-1-3-9-5/h5-6,9,11H,1-4H2,(H,10,12)(H,13,14)/t5-,6?/m0/s1. The van der Waals surface area contributed by atoms with Crippen molar-refractivity contribution in [2.45, 2.75) is 25.0 Å². The van der Waals surface area contributed by atoms with Crippen LogP contribution >= 0.6 is 0 Å². The van der Waals surface area contributed by atoms with Crippen molar-refractivity contribution < 1.29 is 19.8 Å². The van der Waals surface area contributed by atoms with Crippen LogP contribution in [0.25, 0.3) is 0 Å². The van der Waals surface area contributed by atoms with Gasteiger partial charge < -0.3 is 20.8 Å². The Labute approximate surface area is 81.3 Å². The van der Waals surface area contributed by atoms with Gasteiger partial charge in [-0.2, -0.15) is 0 Å². The van der Waals surface area contributed by atoms with Crippen LogP contribution in [-0.4, -0.2) is 47.3 Å². The van der Waals surface area contributed by atoms with Gasteiger partial charge in [0.2, 0.25) is 5.91 Å². The van der Waals surface area contributed by atoms with Gasteiger partial charge in [0.1, 0.15) is 0 Å². The highest BCUT2D eigenvalue weighted by atomic mass is 16.4. The van der Waals surface area contributed by atoms with E-state index >= 15 is 0 Å². The number of nitrogens with one attached hydrogen (secondary N) is 2. The lowest BCUT2D eigenvalue weighted by Crippen LogP contribution is -2.44. The van der Waals surface area contributed by atoms with E-state index in [-0.39, 0.29) is 18.5 Å². The summed E-state index contributed by atoms with van der Waals surface area (Å²) in [5.74, 6) is -1.58. The predicted molar refractivity (Wildman–Crippen MR) is 47.7 cm³/mol. The molecular formula is C8H14N2O4. The molecule has 1 amide bonds. The molecule has 1 saturated heterocycles. The van der Waals surface area contributed by atoms with Gasteiger partial charge in [0, 0.05) is 0 Å². The highest BCUT2D eigenvalue weighted by molar-refractivity contribution is 5.82. The maximum atomic E-state index is 11.3. The highest BCUT2D eigenvalue weighted by Crippen LogP contribution is 2.04. The average molecular weight is 202 g/mol. The minimum absolute atomic E-state index is 0.240. The first-order valence-corrected chi connectivity index (χ1v) is 4.53. The van der Waals surface area contributed by atoms with Gasteiger partial charge in [-0.25, -0.2) is 4.79 Å². The van der Waals surface area contributed by atoms with E-state index in [2.05, 4.69) is 10.6 Å². The lowest BCUT2D eigenvalue weighted by atomic mass is 10.2. The number of aliphatic carboxylic acids is 1. The van der Waals surface area contributed by atoms with Crippen LogP contribution in [0.3, 0.4) is 0 Å². The largest absolute Gasteiger partial charge is 0.479 e. The third kappa shape index (κ3) is 2.97. The Morgan fingerprint density at radius 2 is 2.29 bits per heavy atom. The molecule has 0 saturated carbocycles. The summed E-state index contributed by atoms with van der Waals surface area (Å²) >= 11 is 0. The summed E-state index contributed by atoms with van der Waals surface area (Å²) in [4.78, 5) is 21.5. The number of hydrogen-bond donors (Lipinski definition) is 4. The molecule has 0 radical (unpaired) electrons. The van der Waals surface area contributed by atoms with E-state index in [4.69, 9.17) is 10.2 Å². The molecule has 1 aliphatic rings. The summed E-state index contributed by atoms with van der Waals surface area (Å²) in [6.07, 6.45) is 0.175. The molecule has 1 unspecified atom stereocenters.